The number of rotatable bonds is 8. The number of fused-ring (bicyclic) bond motifs is 1. The summed E-state index contributed by atoms with van der Waals surface area (Å²) in [6.45, 7) is 3.02. The Balaban J connectivity index is 1.53. The van der Waals surface area contributed by atoms with Crippen LogP contribution in [0.2, 0.25) is 0 Å². The van der Waals surface area contributed by atoms with Crippen molar-refractivity contribution in [3.63, 3.8) is 0 Å². The summed E-state index contributed by atoms with van der Waals surface area (Å²) in [5.41, 5.74) is 5.17. The highest BCUT2D eigenvalue weighted by atomic mass is 19.3. The van der Waals surface area contributed by atoms with E-state index < -0.39 is 6.61 Å². The number of aromatic nitrogens is 3. The molecular weight excluding hydrogens is 390 g/mol. The first-order valence-electron chi connectivity index (χ1n) is 10.3. The summed E-state index contributed by atoms with van der Waals surface area (Å²) in [4.78, 5) is 0. The molecule has 0 unspecified atom stereocenters. The SMILES string of the molecule is CC(C)n1nc(-c2cccc(OC(F)F)c2)c2c1C[C@H](CNCc1cnoc1)CC2. The molecular formula is C22H26F2N4O2. The molecule has 1 atom stereocenters. The minimum atomic E-state index is -2.84. The van der Waals surface area contributed by atoms with Gasteiger partial charge in [0.15, 0.2) is 0 Å². The Hall–Kier alpha value is -2.74. The first-order chi connectivity index (χ1) is 14.5. The molecule has 1 aromatic carbocycles. The van der Waals surface area contributed by atoms with Gasteiger partial charge in [0, 0.05) is 35.0 Å². The molecule has 0 spiro atoms. The van der Waals surface area contributed by atoms with Gasteiger partial charge in [-0.3, -0.25) is 4.68 Å². The van der Waals surface area contributed by atoms with Gasteiger partial charge in [-0.15, -0.1) is 0 Å². The standard InChI is InChI=1S/C22H26F2N4O2/c1-14(2)28-20-8-15(10-25-11-16-12-26-29-13-16)6-7-19(20)21(27-28)17-4-3-5-18(9-17)30-22(23)24/h3-5,9,12-15,22,25H,6-8,10-11H2,1-2H3/t15-/m1/s1. The lowest BCUT2D eigenvalue weighted by Crippen LogP contribution is -2.28. The van der Waals surface area contributed by atoms with Gasteiger partial charge in [0.05, 0.1) is 11.9 Å². The number of nitrogens with one attached hydrogen (secondary N) is 1. The van der Waals surface area contributed by atoms with Gasteiger partial charge in [-0.2, -0.15) is 13.9 Å². The van der Waals surface area contributed by atoms with Gasteiger partial charge in [0.1, 0.15) is 12.0 Å². The maximum Gasteiger partial charge on any atom is 0.387 e. The predicted molar refractivity (Wildman–Crippen MR) is 108 cm³/mol. The zero-order valence-corrected chi connectivity index (χ0v) is 17.1. The first kappa shape index (κ1) is 20.5. The second-order valence-corrected chi connectivity index (χ2v) is 7.99. The van der Waals surface area contributed by atoms with E-state index in [9.17, 15) is 8.78 Å². The van der Waals surface area contributed by atoms with Crippen molar-refractivity contribution in [2.45, 2.75) is 52.3 Å². The van der Waals surface area contributed by atoms with E-state index in [1.165, 1.54) is 11.3 Å². The normalized spacial score (nSPS) is 16.3. The molecule has 4 rings (SSSR count). The molecule has 0 aliphatic heterocycles. The van der Waals surface area contributed by atoms with Crippen LogP contribution < -0.4 is 10.1 Å². The second kappa shape index (κ2) is 8.95. The molecule has 2 heterocycles. The molecule has 6 nitrogen and oxygen atoms in total. The van der Waals surface area contributed by atoms with Crippen molar-refractivity contribution < 1.29 is 18.0 Å². The molecule has 1 N–H and O–H groups in total. The molecule has 0 fully saturated rings. The van der Waals surface area contributed by atoms with Crippen LogP contribution in [0.1, 0.15) is 43.1 Å². The molecule has 2 aromatic heterocycles. The van der Waals surface area contributed by atoms with Crippen LogP contribution in [0.4, 0.5) is 8.78 Å². The van der Waals surface area contributed by atoms with Crippen molar-refractivity contribution in [3.05, 3.63) is 53.5 Å². The average Bonchev–Trinajstić information content (AvgIpc) is 3.35. The van der Waals surface area contributed by atoms with Gasteiger partial charge in [0.2, 0.25) is 0 Å². The van der Waals surface area contributed by atoms with Crippen LogP contribution in [-0.2, 0) is 19.4 Å². The van der Waals surface area contributed by atoms with Gasteiger partial charge in [0.25, 0.3) is 0 Å². The van der Waals surface area contributed by atoms with Crippen LogP contribution in [0.5, 0.6) is 5.75 Å². The van der Waals surface area contributed by atoms with Crippen molar-refractivity contribution >= 4 is 0 Å². The van der Waals surface area contributed by atoms with E-state index in [0.717, 1.165) is 49.2 Å². The van der Waals surface area contributed by atoms with E-state index in [1.54, 1.807) is 30.7 Å². The number of nitrogens with zero attached hydrogens (tertiary/aromatic N) is 3. The Bertz CT molecular complexity index is 970. The van der Waals surface area contributed by atoms with Crippen LogP contribution in [0, 0.1) is 5.92 Å². The summed E-state index contributed by atoms with van der Waals surface area (Å²) >= 11 is 0. The van der Waals surface area contributed by atoms with E-state index in [1.807, 2.05) is 6.07 Å². The fourth-order valence-electron chi connectivity index (χ4n) is 4.09. The third-order valence-corrected chi connectivity index (χ3v) is 5.47. The zero-order valence-electron chi connectivity index (χ0n) is 17.1. The van der Waals surface area contributed by atoms with Gasteiger partial charge < -0.3 is 14.6 Å². The number of benzene rings is 1. The summed E-state index contributed by atoms with van der Waals surface area (Å²) in [5, 5.41) is 12.1. The highest BCUT2D eigenvalue weighted by molar-refractivity contribution is 5.66. The lowest BCUT2D eigenvalue weighted by Gasteiger charge is -2.25. The molecule has 0 bridgehead atoms. The van der Waals surface area contributed by atoms with E-state index >= 15 is 0 Å². The molecule has 0 saturated carbocycles. The highest BCUT2D eigenvalue weighted by Gasteiger charge is 2.27. The summed E-state index contributed by atoms with van der Waals surface area (Å²) in [6.07, 6.45) is 6.27. The lowest BCUT2D eigenvalue weighted by molar-refractivity contribution is -0.0498. The van der Waals surface area contributed by atoms with Crippen LogP contribution in [-0.4, -0.2) is 28.1 Å². The molecule has 0 saturated heterocycles. The maximum atomic E-state index is 12.6. The number of alkyl halides is 2. The monoisotopic (exact) mass is 416 g/mol. The average molecular weight is 416 g/mol. The van der Waals surface area contributed by atoms with Crippen molar-refractivity contribution in [2.75, 3.05) is 6.54 Å². The predicted octanol–water partition coefficient (Wildman–Crippen LogP) is 4.62. The molecule has 30 heavy (non-hydrogen) atoms. The first-order valence-corrected chi connectivity index (χ1v) is 10.3. The van der Waals surface area contributed by atoms with Crippen molar-refractivity contribution in [1.29, 1.82) is 0 Å². The lowest BCUT2D eigenvalue weighted by atomic mass is 9.85. The third-order valence-electron chi connectivity index (χ3n) is 5.47. The third kappa shape index (κ3) is 4.53. The summed E-state index contributed by atoms with van der Waals surface area (Å²) < 4.78 is 36.8. The quantitative estimate of drug-likeness (QED) is 0.581. The van der Waals surface area contributed by atoms with E-state index in [2.05, 4.69) is 33.7 Å². The Labute approximate surface area is 174 Å². The molecule has 160 valence electrons. The van der Waals surface area contributed by atoms with E-state index in [0.29, 0.717) is 5.92 Å². The Morgan fingerprint density at radius 1 is 1.33 bits per heavy atom. The smallest absolute Gasteiger partial charge is 0.387 e. The number of hydrogen-bond acceptors (Lipinski definition) is 5. The van der Waals surface area contributed by atoms with E-state index in [4.69, 9.17) is 9.62 Å². The largest absolute Gasteiger partial charge is 0.435 e. The summed E-state index contributed by atoms with van der Waals surface area (Å²) in [7, 11) is 0. The Kier molecular flexibility index (Phi) is 6.13. The van der Waals surface area contributed by atoms with Crippen LogP contribution in [0.15, 0.2) is 41.2 Å². The fraction of sp³-hybridized carbons (Fsp3) is 0.455. The molecule has 8 heteroatoms. The zero-order chi connectivity index (χ0) is 21.1. The maximum absolute atomic E-state index is 12.6. The van der Waals surface area contributed by atoms with E-state index in [-0.39, 0.29) is 11.8 Å². The van der Waals surface area contributed by atoms with Crippen LogP contribution >= 0.6 is 0 Å². The van der Waals surface area contributed by atoms with Crippen LogP contribution in [0.3, 0.4) is 0 Å². The molecule has 0 radical (unpaired) electrons. The minimum Gasteiger partial charge on any atom is -0.435 e. The molecule has 1 aliphatic carbocycles. The minimum absolute atomic E-state index is 0.155. The van der Waals surface area contributed by atoms with Gasteiger partial charge >= 0.3 is 6.61 Å². The van der Waals surface area contributed by atoms with Gasteiger partial charge in [-0.05, 0) is 57.7 Å². The number of halogens is 2. The molecule has 3 aromatic rings. The van der Waals surface area contributed by atoms with Crippen molar-refractivity contribution in [2.24, 2.45) is 5.92 Å². The Morgan fingerprint density at radius 3 is 2.93 bits per heavy atom. The Morgan fingerprint density at radius 2 is 2.20 bits per heavy atom. The summed E-state index contributed by atoms with van der Waals surface area (Å²) in [6, 6.07) is 7.04. The van der Waals surface area contributed by atoms with Crippen molar-refractivity contribution in [1.82, 2.24) is 20.3 Å². The topological polar surface area (TPSA) is 65.1 Å². The number of ether oxygens (including phenoxy) is 1. The molecule has 1 aliphatic rings. The van der Waals surface area contributed by atoms with Crippen LogP contribution in [0.25, 0.3) is 11.3 Å². The van der Waals surface area contributed by atoms with Crippen molar-refractivity contribution in [3.8, 4) is 17.0 Å². The fourth-order valence-corrected chi connectivity index (χ4v) is 4.09. The molecule has 0 amide bonds. The van der Waals surface area contributed by atoms with Gasteiger partial charge in [-0.25, -0.2) is 0 Å². The highest BCUT2D eigenvalue weighted by Crippen LogP contribution is 2.35. The summed E-state index contributed by atoms with van der Waals surface area (Å²) in [5.74, 6) is 0.662. The second-order valence-electron chi connectivity index (χ2n) is 7.99. The number of hydrogen-bond donors (Lipinski definition) is 1. The van der Waals surface area contributed by atoms with Gasteiger partial charge in [-0.1, -0.05) is 17.3 Å².